The Bertz CT molecular complexity index is 790. The number of hydrogen-bond donors (Lipinski definition) is 2. The Kier molecular flexibility index (Phi) is 6.42. The van der Waals surface area contributed by atoms with Crippen molar-refractivity contribution in [2.24, 2.45) is 0 Å². The van der Waals surface area contributed by atoms with E-state index in [-0.39, 0.29) is 12.3 Å². The third kappa shape index (κ3) is 4.97. The molecule has 1 amide bonds. The van der Waals surface area contributed by atoms with Gasteiger partial charge in [0.05, 0.1) is 23.4 Å². The standard InChI is InChI=1S/C19H21ClN2O3/c1-12-5-4-6-16(13(12)2)22-18(23)9-10-21-17-11-14(19(24)25-3)7-8-15(17)20/h4-8,11,21H,9-10H2,1-3H3,(H,22,23). The fourth-order valence-electron chi connectivity index (χ4n) is 2.32. The number of rotatable bonds is 6. The zero-order valence-electron chi connectivity index (χ0n) is 14.5. The first-order chi connectivity index (χ1) is 11.9. The SMILES string of the molecule is COC(=O)c1ccc(Cl)c(NCCC(=O)Nc2cccc(C)c2C)c1. The molecular weight excluding hydrogens is 340 g/mol. The van der Waals surface area contributed by atoms with E-state index in [2.05, 4.69) is 15.4 Å². The molecule has 0 saturated heterocycles. The minimum Gasteiger partial charge on any atom is -0.465 e. The normalized spacial score (nSPS) is 10.2. The van der Waals surface area contributed by atoms with Crippen molar-refractivity contribution in [3.8, 4) is 0 Å². The highest BCUT2D eigenvalue weighted by Gasteiger charge is 2.10. The predicted octanol–water partition coefficient (Wildman–Crippen LogP) is 4.18. The van der Waals surface area contributed by atoms with Gasteiger partial charge in [0, 0.05) is 18.7 Å². The highest BCUT2D eigenvalue weighted by Crippen LogP contribution is 2.23. The Morgan fingerprint density at radius 3 is 2.60 bits per heavy atom. The zero-order chi connectivity index (χ0) is 18.4. The lowest BCUT2D eigenvalue weighted by molar-refractivity contribution is -0.115. The second kappa shape index (κ2) is 8.53. The smallest absolute Gasteiger partial charge is 0.337 e. The molecule has 0 aliphatic carbocycles. The molecule has 0 saturated carbocycles. The van der Waals surface area contributed by atoms with E-state index in [4.69, 9.17) is 11.6 Å². The van der Waals surface area contributed by atoms with Crippen LogP contribution in [-0.4, -0.2) is 25.5 Å². The molecule has 132 valence electrons. The van der Waals surface area contributed by atoms with Gasteiger partial charge in [0.25, 0.3) is 0 Å². The van der Waals surface area contributed by atoms with E-state index in [9.17, 15) is 9.59 Å². The minimum absolute atomic E-state index is 0.0959. The van der Waals surface area contributed by atoms with Gasteiger partial charge in [0.2, 0.25) is 5.91 Å². The van der Waals surface area contributed by atoms with E-state index in [1.165, 1.54) is 7.11 Å². The maximum atomic E-state index is 12.1. The molecule has 0 atom stereocenters. The van der Waals surface area contributed by atoms with Gasteiger partial charge in [-0.2, -0.15) is 0 Å². The molecule has 0 fully saturated rings. The second-order valence-electron chi connectivity index (χ2n) is 5.66. The first-order valence-electron chi connectivity index (χ1n) is 7.90. The third-order valence-electron chi connectivity index (χ3n) is 3.93. The maximum Gasteiger partial charge on any atom is 0.337 e. The molecule has 2 rings (SSSR count). The summed E-state index contributed by atoms with van der Waals surface area (Å²) < 4.78 is 4.69. The topological polar surface area (TPSA) is 67.4 Å². The monoisotopic (exact) mass is 360 g/mol. The molecule has 2 aromatic rings. The lowest BCUT2D eigenvalue weighted by Crippen LogP contribution is -2.17. The van der Waals surface area contributed by atoms with Crippen molar-refractivity contribution in [2.75, 3.05) is 24.3 Å². The summed E-state index contributed by atoms with van der Waals surface area (Å²) in [6.45, 7) is 4.37. The minimum atomic E-state index is -0.438. The van der Waals surface area contributed by atoms with Gasteiger partial charge in [0.15, 0.2) is 0 Å². The van der Waals surface area contributed by atoms with Crippen LogP contribution in [0.4, 0.5) is 11.4 Å². The third-order valence-corrected chi connectivity index (χ3v) is 4.26. The molecule has 0 spiro atoms. The van der Waals surface area contributed by atoms with Crippen molar-refractivity contribution in [3.05, 3.63) is 58.1 Å². The van der Waals surface area contributed by atoms with Gasteiger partial charge in [-0.3, -0.25) is 4.79 Å². The molecule has 0 heterocycles. The summed E-state index contributed by atoms with van der Waals surface area (Å²) in [6, 6.07) is 10.6. The summed E-state index contributed by atoms with van der Waals surface area (Å²) in [6.07, 6.45) is 0.270. The van der Waals surface area contributed by atoms with Gasteiger partial charge in [-0.15, -0.1) is 0 Å². The number of amides is 1. The number of carbonyl (C=O) groups excluding carboxylic acids is 2. The first-order valence-corrected chi connectivity index (χ1v) is 8.28. The number of esters is 1. The van der Waals surface area contributed by atoms with Gasteiger partial charge in [-0.05, 0) is 49.2 Å². The van der Waals surface area contributed by atoms with Crippen LogP contribution in [0.2, 0.25) is 5.02 Å². The molecule has 0 bridgehead atoms. The predicted molar refractivity (Wildman–Crippen MR) is 100 cm³/mol. The van der Waals surface area contributed by atoms with Crippen molar-refractivity contribution >= 4 is 34.9 Å². The van der Waals surface area contributed by atoms with E-state index < -0.39 is 5.97 Å². The first kappa shape index (κ1) is 18.8. The van der Waals surface area contributed by atoms with Crippen molar-refractivity contribution in [3.63, 3.8) is 0 Å². The molecule has 0 unspecified atom stereocenters. The van der Waals surface area contributed by atoms with E-state index in [0.29, 0.717) is 22.8 Å². The molecule has 5 nitrogen and oxygen atoms in total. The lowest BCUT2D eigenvalue weighted by atomic mass is 10.1. The summed E-state index contributed by atoms with van der Waals surface area (Å²) in [5, 5.41) is 6.45. The van der Waals surface area contributed by atoms with E-state index in [1.807, 2.05) is 32.0 Å². The number of ether oxygens (including phenoxy) is 1. The van der Waals surface area contributed by atoms with Crippen LogP contribution in [0.3, 0.4) is 0 Å². The van der Waals surface area contributed by atoms with Crippen LogP contribution >= 0.6 is 11.6 Å². The molecule has 0 radical (unpaired) electrons. The second-order valence-corrected chi connectivity index (χ2v) is 6.07. The van der Waals surface area contributed by atoms with Crippen LogP contribution in [0, 0.1) is 13.8 Å². The summed E-state index contributed by atoms with van der Waals surface area (Å²) in [5.74, 6) is -0.533. The molecule has 0 aromatic heterocycles. The lowest BCUT2D eigenvalue weighted by Gasteiger charge is -2.12. The van der Waals surface area contributed by atoms with Gasteiger partial charge in [0.1, 0.15) is 0 Å². The molecular formula is C19H21ClN2O3. The quantitative estimate of drug-likeness (QED) is 0.758. The largest absolute Gasteiger partial charge is 0.465 e. The summed E-state index contributed by atoms with van der Waals surface area (Å²) in [7, 11) is 1.32. The van der Waals surface area contributed by atoms with Gasteiger partial charge in [-0.1, -0.05) is 23.7 Å². The fourth-order valence-corrected chi connectivity index (χ4v) is 2.50. The van der Waals surface area contributed by atoms with Crippen LogP contribution in [0.25, 0.3) is 0 Å². The Labute approximate surface area is 152 Å². The summed E-state index contributed by atoms with van der Waals surface area (Å²) >= 11 is 6.11. The maximum absolute atomic E-state index is 12.1. The average Bonchev–Trinajstić information content (AvgIpc) is 2.60. The molecule has 2 N–H and O–H groups in total. The summed E-state index contributed by atoms with van der Waals surface area (Å²) in [4.78, 5) is 23.7. The van der Waals surface area contributed by atoms with Crippen LogP contribution in [-0.2, 0) is 9.53 Å². The molecule has 6 heteroatoms. The number of benzene rings is 2. The van der Waals surface area contributed by atoms with E-state index >= 15 is 0 Å². The molecule has 0 aliphatic rings. The van der Waals surface area contributed by atoms with Crippen molar-refractivity contribution < 1.29 is 14.3 Å². The van der Waals surface area contributed by atoms with Crippen LogP contribution in [0.15, 0.2) is 36.4 Å². The van der Waals surface area contributed by atoms with Gasteiger partial charge in [-0.25, -0.2) is 4.79 Å². The van der Waals surface area contributed by atoms with Crippen molar-refractivity contribution in [2.45, 2.75) is 20.3 Å². The number of nitrogens with one attached hydrogen (secondary N) is 2. The number of hydrogen-bond acceptors (Lipinski definition) is 4. The van der Waals surface area contributed by atoms with Gasteiger partial charge < -0.3 is 15.4 Å². The molecule has 0 aliphatic heterocycles. The van der Waals surface area contributed by atoms with Crippen LogP contribution in [0.1, 0.15) is 27.9 Å². The Morgan fingerprint density at radius 1 is 1.12 bits per heavy atom. The van der Waals surface area contributed by atoms with Gasteiger partial charge >= 0.3 is 5.97 Å². The number of carbonyl (C=O) groups is 2. The zero-order valence-corrected chi connectivity index (χ0v) is 15.2. The number of anilines is 2. The number of halogens is 1. The van der Waals surface area contributed by atoms with Crippen LogP contribution < -0.4 is 10.6 Å². The summed E-state index contributed by atoms with van der Waals surface area (Å²) in [5.41, 5.74) is 3.98. The molecule has 25 heavy (non-hydrogen) atoms. The Hall–Kier alpha value is -2.53. The highest BCUT2D eigenvalue weighted by molar-refractivity contribution is 6.33. The molecule has 2 aromatic carbocycles. The fraction of sp³-hybridized carbons (Fsp3) is 0.263. The van der Waals surface area contributed by atoms with E-state index in [0.717, 1.165) is 16.8 Å². The average molecular weight is 361 g/mol. The van der Waals surface area contributed by atoms with Crippen LogP contribution in [0.5, 0.6) is 0 Å². The number of methoxy groups -OCH3 is 1. The van der Waals surface area contributed by atoms with Crippen molar-refractivity contribution in [1.29, 1.82) is 0 Å². The Balaban J connectivity index is 1.93. The van der Waals surface area contributed by atoms with Crippen molar-refractivity contribution in [1.82, 2.24) is 0 Å². The van der Waals surface area contributed by atoms with E-state index in [1.54, 1.807) is 18.2 Å². The number of aryl methyl sites for hydroxylation is 1. The highest BCUT2D eigenvalue weighted by atomic mass is 35.5. The Morgan fingerprint density at radius 2 is 1.88 bits per heavy atom.